The van der Waals surface area contributed by atoms with E-state index in [9.17, 15) is 14.4 Å². The van der Waals surface area contributed by atoms with E-state index in [1.54, 1.807) is 35.1 Å². The Bertz CT molecular complexity index is 1270. The fraction of sp³-hybridized carbons (Fsp3) is 0.407. The lowest BCUT2D eigenvalue weighted by Crippen LogP contribution is -2.46. The third-order valence-corrected chi connectivity index (χ3v) is 8.88. The molecule has 3 heterocycles. The fourth-order valence-corrected chi connectivity index (χ4v) is 6.91. The molecule has 2 aromatic heterocycles. The number of benzene rings is 1. The minimum atomic E-state index is -0.308. The minimum absolute atomic E-state index is 0.176. The molecule has 36 heavy (non-hydrogen) atoms. The van der Waals surface area contributed by atoms with Gasteiger partial charge in [0.1, 0.15) is 0 Å². The molecule has 0 radical (unpaired) electrons. The maximum Gasteiger partial charge on any atom is 0.261 e. The van der Waals surface area contributed by atoms with Crippen LogP contribution in [0.2, 0.25) is 0 Å². The van der Waals surface area contributed by atoms with Gasteiger partial charge in [0, 0.05) is 30.1 Å². The summed E-state index contributed by atoms with van der Waals surface area (Å²) in [7, 11) is 1.87. The van der Waals surface area contributed by atoms with Crippen LogP contribution in [0.5, 0.6) is 0 Å². The van der Waals surface area contributed by atoms with Gasteiger partial charge in [-0.2, -0.15) is 5.10 Å². The summed E-state index contributed by atoms with van der Waals surface area (Å²) in [5.41, 5.74) is 2.75. The predicted octanol–water partition coefficient (Wildman–Crippen LogP) is 5.58. The number of thiophene rings is 1. The largest absolute Gasteiger partial charge is 0.347 e. The number of nitrogens with zero attached hydrogens (tertiary/aromatic N) is 3. The normalized spacial score (nSPS) is 16.9. The van der Waals surface area contributed by atoms with Gasteiger partial charge in [0.05, 0.1) is 32.4 Å². The summed E-state index contributed by atoms with van der Waals surface area (Å²) in [6.45, 7) is 2.17. The van der Waals surface area contributed by atoms with Crippen molar-refractivity contribution in [2.24, 2.45) is 13.0 Å². The zero-order valence-electron chi connectivity index (χ0n) is 20.4. The van der Waals surface area contributed by atoms with Crippen LogP contribution in [0.15, 0.2) is 41.0 Å². The van der Waals surface area contributed by atoms with Crippen LogP contribution < -0.4 is 5.32 Å². The molecule has 0 saturated heterocycles. The molecule has 0 bridgehead atoms. The standard InChI is InChI=1S/C27H29BrN4O3S/c1-16-21(24-22(28)14-29-31(24)2)13-23(36-16)25(33)30-18(12-17-8-4-3-5-9-17)15-32-26(34)19-10-6-7-11-20(19)27(32)35/h6-7,10-11,13-14,17-18H,3-5,8-9,12,15H2,1-2H3,(H,30,33)/t18-/m0/s1. The van der Waals surface area contributed by atoms with E-state index in [0.717, 1.165) is 39.9 Å². The van der Waals surface area contributed by atoms with Crippen LogP contribution in [0.3, 0.4) is 0 Å². The van der Waals surface area contributed by atoms with Crippen LogP contribution in [0.4, 0.5) is 0 Å². The first-order chi connectivity index (χ1) is 17.3. The molecule has 1 N–H and O–H groups in total. The highest BCUT2D eigenvalue weighted by molar-refractivity contribution is 9.10. The summed E-state index contributed by atoms with van der Waals surface area (Å²) in [6, 6.07) is 8.51. The van der Waals surface area contributed by atoms with Gasteiger partial charge in [-0.05, 0) is 53.4 Å². The first kappa shape index (κ1) is 24.9. The van der Waals surface area contributed by atoms with Crippen LogP contribution in [0, 0.1) is 12.8 Å². The van der Waals surface area contributed by atoms with Crippen molar-refractivity contribution in [3.05, 3.63) is 61.9 Å². The maximum absolute atomic E-state index is 13.4. The molecule has 0 spiro atoms. The van der Waals surface area contributed by atoms with E-state index in [2.05, 4.69) is 26.3 Å². The van der Waals surface area contributed by atoms with E-state index in [4.69, 9.17) is 0 Å². The number of aryl methyl sites for hydroxylation is 2. The Kier molecular flexibility index (Phi) is 7.12. The average Bonchev–Trinajstić information content (AvgIpc) is 3.49. The van der Waals surface area contributed by atoms with Gasteiger partial charge in [-0.25, -0.2) is 0 Å². The van der Waals surface area contributed by atoms with Crippen LogP contribution in [-0.2, 0) is 7.05 Å². The fourth-order valence-electron chi connectivity index (χ4n) is 5.43. The molecular formula is C27H29BrN4O3S. The number of halogens is 1. The molecule has 2 aliphatic rings. The molecule has 5 rings (SSSR count). The molecule has 1 fully saturated rings. The molecule has 1 atom stereocenters. The molecule has 0 unspecified atom stereocenters. The summed E-state index contributed by atoms with van der Waals surface area (Å²) < 4.78 is 2.66. The predicted molar refractivity (Wildman–Crippen MR) is 143 cm³/mol. The van der Waals surface area contributed by atoms with Gasteiger partial charge in [-0.1, -0.05) is 44.2 Å². The lowest BCUT2D eigenvalue weighted by molar-refractivity contribution is 0.0620. The van der Waals surface area contributed by atoms with E-state index in [-0.39, 0.29) is 30.3 Å². The van der Waals surface area contributed by atoms with Crippen molar-refractivity contribution in [3.8, 4) is 11.3 Å². The highest BCUT2D eigenvalue weighted by Gasteiger charge is 2.37. The number of aromatic nitrogens is 2. The lowest BCUT2D eigenvalue weighted by atomic mass is 9.84. The Morgan fingerprint density at radius 2 is 1.81 bits per heavy atom. The number of carbonyl (C=O) groups excluding carboxylic acids is 3. The maximum atomic E-state index is 13.4. The van der Waals surface area contributed by atoms with Crippen molar-refractivity contribution < 1.29 is 14.4 Å². The molecular weight excluding hydrogens is 540 g/mol. The molecule has 9 heteroatoms. The molecule has 188 valence electrons. The molecule has 1 saturated carbocycles. The third-order valence-electron chi connectivity index (χ3n) is 7.25. The second-order valence-corrected chi connectivity index (χ2v) is 11.8. The third kappa shape index (κ3) is 4.78. The van der Waals surface area contributed by atoms with Gasteiger partial charge < -0.3 is 5.32 Å². The number of carbonyl (C=O) groups is 3. The highest BCUT2D eigenvalue weighted by Crippen LogP contribution is 2.35. The van der Waals surface area contributed by atoms with Gasteiger partial charge in [0.25, 0.3) is 17.7 Å². The summed E-state index contributed by atoms with van der Waals surface area (Å²) in [5, 5.41) is 7.48. The molecule has 1 aliphatic carbocycles. The Hall–Kier alpha value is -2.78. The number of nitrogens with one attached hydrogen (secondary N) is 1. The Balaban J connectivity index is 1.37. The number of hydrogen-bond acceptors (Lipinski definition) is 5. The number of imide groups is 1. The Morgan fingerprint density at radius 1 is 1.14 bits per heavy atom. The molecule has 1 aliphatic heterocycles. The lowest BCUT2D eigenvalue weighted by Gasteiger charge is -2.29. The van der Waals surface area contributed by atoms with E-state index in [1.165, 1.54) is 35.5 Å². The quantitative estimate of drug-likeness (QED) is 0.377. The van der Waals surface area contributed by atoms with Crippen molar-refractivity contribution >= 4 is 45.0 Å². The first-order valence-corrected chi connectivity index (χ1v) is 14.0. The second kappa shape index (κ2) is 10.3. The SMILES string of the molecule is Cc1sc(C(=O)N[C@@H](CC2CCCCC2)CN2C(=O)c3ccccc3C2=O)cc1-c1c(Br)cnn1C. The van der Waals surface area contributed by atoms with Crippen LogP contribution >= 0.6 is 27.3 Å². The zero-order valence-corrected chi connectivity index (χ0v) is 22.8. The van der Waals surface area contributed by atoms with Crippen molar-refractivity contribution in [1.82, 2.24) is 20.0 Å². The Morgan fingerprint density at radius 3 is 2.42 bits per heavy atom. The molecule has 7 nitrogen and oxygen atoms in total. The molecule has 3 amide bonds. The number of fused-ring (bicyclic) bond motifs is 1. The van der Waals surface area contributed by atoms with Crippen molar-refractivity contribution in [3.63, 3.8) is 0 Å². The summed E-state index contributed by atoms with van der Waals surface area (Å²) in [6.07, 6.45) is 8.35. The van der Waals surface area contributed by atoms with Gasteiger partial charge in [-0.15, -0.1) is 11.3 Å². The smallest absolute Gasteiger partial charge is 0.261 e. The van der Waals surface area contributed by atoms with Crippen molar-refractivity contribution in [1.29, 1.82) is 0 Å². The van der Waals surface area contributed by atoms with Gasteiger partial charge >= 0.3 is 0 Å². The summed E-state index contributed by atoms with van der Waals surface area (Å²) in [4.78, 5) is 42.4. The van der Waals surface area contributed by atoms with Crippen LogP contribution in [0.25, 0.3) is 11.3 Å². The molecule has 3 aromatic rings. The van der Waals surface area contributed by atoms with E-state index >= 15 is 0 Å². The first-order valence-electron chi connectivity index (χ1n) is 12.4. The van der Waals surface area contributed by atoms with E-state index in [1.807, 2.05) is 20.0 Å². The second-order valence-electron chi connectivity index (χ2n) is 9.72. The average molecular weight is 570 g/mol. The summed E-state index contributed by atoms with van der Waals surface area (Å²) in [5.74, 6) is -0.266. The van der Waals surface area contributed by atoms with Gasteiger partial charge in [0.2, 0.25) is 0 Å². The van der Waals surface area contributed by atoms with Crippen molar-refractivity contribution in [2.75, 3.05) is 6.54 Å². The van der Waals surface area contributed by atoms with Crippen molar-refractivity contribution in [2.45, 2.75) is 51.5 Å². The Labute approximate surface area is 223 Å². The molecule has 1 aromatic carbocycles. The minimum Gasteiger partial charge on any atom is -0.347 e. The van der Waals surface area contributed by atoms with E-state index < -0.39 is 0 Å². The van der Waals surface area contributed by atoms with E-state index in [0.29, 0.717) is 21.9 Å². The number of rotatable bonds is 7. The monoisotopic (exact) mass is 568 g/mol. The highest BCUT2D eigenvalue weighted by atomic mass is 79.9. The van der Waals surface area contributed by atoms with Crippen LogP contribution in [0.1, 0.15) is 73.8 Å². The number of hydrogen-bond donors (Lipinski definition) is 1. The summed E-state index contributed by atoms with van der Waals surface area (Å²) >= 11 is 4.99. The van der Waals surface area contributed by atoms with Crippen LogP contribution in [-0.4, -0.2) is 45.0 Å². The topological polar surface area (TPSA) is 84.3 Å². The van der Waals surface area contributed by atoms with Gasteiger partial charge in [-0.3, -0.25) is 24.0 Å². The number of amides is 3. The zero-order chi connectivity index (χ0) is 25.4. The van der Waals surface area contributed by atoms with Gasteiger partial charge in [0.15, 0.2) is 0 Å².